The van der Waals surface area contributed by atoms with Crippen molar-refractivity contribution in [3.05, 3.63) is 70.6 Å². The van der Waals surface area contributed by atoms with E-state index in [4.69, 9.17) is 0 Å². The van der Waals surface area contributed by atoms with E-state index in [9.17, 15) is 9.59 Å². The van der Waals surface area contributed by atoms with Crippen LogP contribution in [-0.2, 0) is 0 Å². The van der Waals surface area contributed by atoms with Gasteiger partial charge in [-0.05, 0) is 37.5 Å². The van der Waals surface area contributed by atoms with Gasteiger partial charge in [0.05, 0.1) is 11.1 Å². The number of rotatable bonds is 7. The molecule has 1 amide bonds. The van der Waals surface area contributed by atoms with Crippen molar-refractivity contribution in [1.29, 1.82) is 0 Å². The first-order valence-electron chi connectivity index (χ1n) is 9.85. The highest BCUT2D eigenvalue weighted by Gasteiger charge is 2.18. The molecule has 0 saturated carbocycles. The van der Waals surface area contributed by atoms with Crippen LogP contribution in [0.25, 0.3) is 16.5 Å². The van der Waals surface area contributed by atoms with Gasteiger partial charge in [0.1, 0.15) is 0 Å². The van der Waals surface area contributed by atoms with Gasteiger partial charge >= 0.3 is 0 Å². The molecule has 28 heavy (non-hydrogen) atoms. The van der Waals surface area contributed by atoms with E-state index in [0.717, 1.165) is 19.3 Å². The third kappa shape index (κ3) is 4.47. The lowest BCUT2D eigenvalue weighted by Crippen LogP contribution is -2.35. The molecular formula is C23H27N3O2. The largest absolute Gasteiger partial charge is 0.348 e. The van der Waals surface area contributed by atoms with Gasteiger partial charge in [0.15, 0.2) is 5.69 Å². The molecule has 1 atom stereocenters. The fraction of sp³-hybridized carbons (Fsp3) is 0.348. The average molecular weight is 377 g/mol. The number of carbonyl (C=O) groups excluding carboxylic acids is 1. The fourth-order valence-corrected chi connectivity index (χ4v) is 3.30. The van der Waals surface area contributed by atoms with E-state index in [-0.39, 0.29) is 23.2 Å². The van der Waals surface area contributed by atoms with E-state index in [1.807, 2.05) is 31.2 Å². The van der Waals surface area contributed by atoms with Crippen LogP contribution in [0.4, 0.5) is 0 Å². The topological polar surface area (TPSA) is 64.0 Å². The lowest BCUT2D eigenvalue weighted by atomic mass is 10.0. The van der Waals surface area contributed by atoms with Crippen molar-refractivity contribution in [1.82, 2.24) is 15.1 Å². The molecule has 0 radical (unpaired) electrons. The minimum Gasteiger partial charge on any atom is -0.348 e. The van der Waals surface area contributed by atoms with Gasteiger partial charge in [0, 0.05) is 11.4 Å². The average Bonchev–Trinajstić information content (AvgIpc) is 2.68. The third-order valence-corrected chi connectivity index (χ3v) is 4.82. The van der Waals surface area contributed by atoms with Gasteiger partial charge in [-0.1, -0.05) is 63.1 Å². The summed E-state index contributed by atoms with van der Waals surface area (Å²) in [6.07, 6.45) is 3.12. The Balaban J connectivity index is 1.95. The van der Waals surface area contributed by atoms with Crippen LogP contribution in [0.2, 0.25) is 0 Å². The van der Waals surface area contributed by atoms with Crippen molar-refractivity contribution in [3.63, 3.8) is 0 Å². The van der Waals surface area contributed by atoms with Crippen LogP contribution in [-0.4, -0.2) is 21.7 Å². The van der Waals surface area contributed by atoms with Gasteiger partial charge < -0.3 is 5.32 Å². The zero-order valence-corrected chi connectivity index (χ0v) is 16.7. The number of hydrogen-bond donors (Lipinski definition) is 1. The minimum atomic E-state index is -0.252. The first-order valence-corrected chi connectivity index (χ1v) is 9.85. The number of para-hydroxylation sites is 1. The molecule has 1 N–H and O–H groups in total. The Kier molecular flexibility index (Phi) is 6.24. The first-order chi connectivity index (χ1) is 13.5. The van der Waals surface area contributed by atoms with Gasteiger partial charge in [-0.3, -0.25) is 9.59 Å². The quantitative estimate of drug-likeness (QED) is 0.666. The number of benzene rings is 2. The van der Waals surface area contributed by atoms with Crippen LogP contribution in [0.5, 0.6) is 0 Å². The molecule has 0 aliphatic carbocycles. The smallest absolute Gasteiger partial charge is 0.279 e. The molecular weight excluding hydrogens is 350 g/mol. The molecule has 5 nitrogen and oxygen atoms in total. The number of fused-ring (bicyclic) bond motifs is 1. The summed E-state index contributed by atoms with van der Waals surface area (Å²) < 4.78 is 1.31. The maximum Gasteiger partial charge on any atom is 0.279 e. The monoisotopic (exact) mass is 377 g/mol. The molecule has 0 fully saturated rings. The maximum atomic E-state index is 13.0. The summed E-state index contributed by atoms with van der Waals surface area (Å²) >= 11 is 0. The standard InChI is InChI=1S/C23H27N3O2/c1-16(2)10-9-11-17(3)24-22(27)21-19-14-7-8-15-20(19)23(28)26(25-21)18-12-5-4-6-13-18/h4-8,12-17H,9-11H2,1-3H3,(H,24,27). The highest BCUT2D eigenvalue weighted by Crippen LogP contribution is 2.16. The van der Waals surface area contributed by atoms with Crippen molar-refractivity contribution in [3.8, 4) is 5.69 Å². The molecule has 3 aromatic rings. The Morgan fingerprint density at radius 3 is 2.29 bits per heavy atom. The molecule has 1 aromatic heterocycles. The second-order valence-electron chi connectivity index (χ2n) is 7.65. The SMILES string of the molecule is CC(C)CCCC(C)NC(=O)c1nn(-c2ccccc2)c(=O)c2ccccc12. The van der Waals surface area contributed by atoms with E-state index < -0.39 is 0 Å². The summed E-state index contributed by atoms with van der Waals surface area (Å²) in [4.78, 5) is 25.9. The number of carbonyl (C=O) groups is 1. The van der Waals surface area contributed by atoms with Crippen molar-refractivity contribution in [2.75, 3.05) is 0 Å². The fourth-order valence-electron chi connectivity index (χ4n) is 3.30. The Morgan fingerprint density at radius 1 is 0.964 bits per heavy atom. The summed E-state index contributed by atoms with van der Waals surface area (Å²) in [7, 11) is 0. The molecule has 0 aliphatic heterocycles. The number of nitrogens with zero attached hydrogens (tertiary/aromatic N) is 2. The molecule has 1 heterocycles. The van der Waals surface area contributed by atoms with Crippen molar-refractivity contribution in [2.24, 2.45) is 5.92 Å². The Bertz CT molecular complexity index is 1010. The van der Waals surface area contributed by atoms with Crippen LogP contribution in [0.1, 0.15) is 50.5 Å². The van der Waals surface area contributed by atoms with Gasteiger partial charge in [-0.15, -0.1) is 0 Å². The molecule has 146 valence electrons. The first kappa shape index (κ1) is 19.8. The summed E-state index contributed by atoms with van der Waals surface area (Å²) in [6, 6.07) is 16.3. The lowest BCUT2D eigenvalue weighted by Gasteiger charge is -2.16. The third-order valence-electron chi connectivity index (χ3n) is 4.82. The minimum absolute atomic E-state index is 0.0453. The predicted molar refractivity (Wildman–Crippen MR) is 113 cm³/mol. The van der Waals surface area contributed by atoms with Gasteiger partial charge in [0.25, 0.3) is 11.5 Å². The van der Waals surface area contributed by atoms with Crippen molar-refractivity contribution < 1.29 is 4.79 Å². The zero-order chi connectivity index (χ0) is 20.1. The van der Waals surface area contributed by atoms with Crippen LogP contribution < -0.4 is 10.9 Å². The summed E-state index contributed by atoms with van der Waals surface area (Å²) in [6.45, 7) is 6.41. The molecule has 1 unspecified atom stereocenters. The molecule has 5 heteroatoms. The number of amides is 1. The second-order valence-corrected chi connectivity index (χ2v) is 7.65. The predicted octanol–water partition coefficient (Wildman–Crippen LogP) is 4.33. The second kappa shape index (κ2) is 8.83. The van der Waals surface area contributed by atoms with E-state index in [1.165, 1.54) is 4.68 Å². The number of hydrogen-bond acceptors (Lipinski definition) is 3. The lowest BCUT2D eigenvalue weighted by molar-refractivity contribution is 0.0933. The molecule has 0 spiro atoms. The number of aromatic nitrogens is 2. The molecule has 0 aliphatic rings. The van der Waals surface area contributed by atoms with Crippen molar-refractivity contribution in [2.45, 2.75) is 46.1 Å². The normalized spacial score (nSPS) is 12.3. The van der Waals surface area contributed by atoms with Gasteiger partial charge in [-0.25, -0.2) is 0 Å². The van der Waals surface area contributed by atoms with E-state index in [0.29, 0.717) is 22.4 Å². The molecule has 2 aromatic carbocycles. The van der Waals surface area contributed by atoms with E-state index in [2.05, 4.69) is 24.3 Å². The Hall–Kier alpha value is -2.95. The van der Waals surface area contributed by atoms with Gasteiger partial charge in [0.2, 0.25) is 0 Å². The highest BCUT2D eigenvalue weighted by molar-refractivity contribution is 6.04. The van der Waals surface area contributed by atoms with Crippen LogP contribution >= 0.6 is 0 Å². The summed E-state index contributed by atoms with van der Waals surface area (Å²) in [5, 5.41) is 8.53. The molecule has 0 saturated heterocycles. The van der Waals surface area contributed by atoms with Crippen LogP contribution in [0, 0.1) is 5.92 Å². The maximum absolute atomic E-state index is 13.0. The Morgan fingerprint density at radius 2 is 1.61 bits per heavy atom. The summed E-state index contributed by atoms with van der Waals surface area (Å²) in [5.41, 5.74) is 0.676. The van der Waals surface area contributed by atoms with Crippen LogP contribution in [0.15, 0.2) is 59.4 Å². The molecule has 3 rings (SSSR count). The highest BCUT2D eigenvalue weighted by atomic mass is 16.2. The summed E-state index contributed by atoms with van der Waals surface area (Å²) in [5.74, 6) is 0.404. The Labute approximate surface area is 165 Å². The van der Waals surface area contributed by atoms with Crippen molar-refractivity contribution >= 4 is 16.7 Å². The van der Waals surface area contributed by atoms with E-state index in [1.54, 1.807) is 30.3 Å². The zero-order valence-electron chi connectivity index (χ0n) is 16.7. The van der Waals surface area contributed by atoms with Gasteiger partial charge in [-0.2, -0.15) is 9.78 Å². The van der Waals surface area contributed by atoms with E-state index >= 15 is 0 Å². The number of nitrogens with one attached hydrogen (secondary N) is 1. The van der Waals surface area contributed by atoms with Crippen LogP contribution in [0.3, 0.4) is 0 Å². The molecule has 0 bridgehead atoms.